The summed E-state index contributed by atoms with van der Waals surface area (Å²) in [5.74, 6) is 0. The quantitative estimate of drug-likeness (QED) is 0.630. The van der Waals surface area contributed by atoms with Gasteiger partial charge >= 0.3 is 0 Å². The lowest BCUT2D eigenvalue weighted by molar-refractivity contribution is 0.726. The van der Waals surface area contributed by atoms with Gasteiger partial charge in [0.2, 0.25) is 0 Å². The Morgan fingerprint density at radius 2 is 2.32 bits per heavy atom. The standard InChI is InChI=1S/C13H13N3OS2/c1-7(6-14)18-13-15-11-10(12(17)16(13)2)8-4-3-5-9(8)19-11/h7H,3-5H2,1-2H3/t7-/m0/s1. The van der Waals surface area contributed by atoms with Crippen molar-refractivity contribution in [1.82, 2.24) is 9.55 Å². The van der Waals surface area contributed by atoms with Crippen LogP contribution < -0.4 is 5.56 Å². The summed E-state index contributed by atoms with van der Waals surface area (Å²) in [6.07, 6.45) is 3.20. The Morgan fingerprint density at radius 1 is 1.53 bits per heavy atom. The highest BCUT2D eigenvalue weighted by atomic mass is 32.2. The summed E-state index contributed by atoms with van der Waals surface area (Å²) in [5.41, 5.74) is 1.23. The number of aromatic nitrogens is 2. The molecule has 2 aromatic heterocycles. The molecule has 0 aliphatic heterocycles. The molecule has 0 saturated carbocycles. The average Bonchev–Trinajstić information content (AvgIpc) is 2.95. The molecule has 3 rings (SSSR count). The van der Waals surface area contributed by atoms with Crippen molar-refractivity contribution >= 4 is 33.3 Å². The first-order chi connectivity index (χ1) is 9.11. The maximum Gasteiger partial charge on any atom is 0.262 e. The minimum Gasteiger partial charge on any atom is -0.290 e. The molecule has 2 aromatic rings. The van der Waals surface area contributed by atoms with Gasteiger partial charge in [-0.15, -0.1) is 11.3 Å². The van der Waals surface area contributed by atoms with Crippen molar-refractivity contribution in [3.63, 3.8) is 0 Å². The van der Waals surface area contributed by atoms with E-state index in [9.17, 15) is 4.79 Å². The molecule has 1 aliphatic carbocycles. The van der Waals surface area contributed by atoms with Crippen LogP contribution in [0.15, 0.2) is 9.95 Å². The van der Waals surface area contributed by atoms with E-state index in [-0.39, 0.29) is 10.8 Å². The third kappa shape index (κ3) is 1.97. The number of hydrogen-bond donors (Lipinski definition) is 0. The zero-order valence-electron chi connectivity index (χ0n) is 10.8. The summed E-state index contributed by atoms with van der Waals surface area (Å²) in [5, 5.41) is 10.1. The zero-order valence-corrected chi connectivity index (χ0v) is 12.4. The molecular weight excluding hydrogens is 278 g/mol. The van der Waals surface area contributed by atoms with Gasteiger partial charge in [0.1, 0.15) is 4.83 Å². The summed E-state index contributed by atoms with van der Waals surface area (Å²) >= 11 is 2.97. The summed E-state index contributed by atoms with van der Waals surface area (Å²) in [7, 11) is 1.74. The van der Waals surface area contributed by atoms with Crippen molar-refractivity contribution < 1.29 is 0 Å². The Hall–Kier alpha value is -1.32. The highest BCUT2D eigenvalue weighted by Gasteiger charge is 2.22. The van der Waals surface area contributed by atoms with E-state index in [1.54, 1.807) is 23.0 Å². The molecule has 4 nitrogen and oxygen atoms in total. The second kappa shape index (κ2) is 4.66. The first kappa shape index (κ1) is 12.7. The van der Waals surface area contributed by atoms with Crippen molar-refractivity contribution in [3.8, 4) is 6.07 Å². The normalized spacial score (nSPS) is 15.4. The Labute approximate surface area is 119 Å². The van der Waals surface area contributed by atoms with Crippen molar-refractivity contribution in [2.24, 2.45) is 7.05 Å². The van der Waals surface area contributed by atoms with E-state index in [1.807, 2.05) is 6.92 Å². The first-order valence-electron chi connectivity index (χ1n) is 6.19. The van der Waals surface area contributed by atoms with Crippen LogP contribution in [0.2, 0.25) is 0 Å². The molecule has 0 fully saturated rings. The Balaban J connectivity index is 2.21. The van der Waals surface area contributed by atoms with Crippen molar-refractivity contribution in [1.29, 1.82) is 5.26 Å². The number of hydrogen-bond acceptors (Lipinski definition) is 5. The van der Waals surface area contributed by atoms with Crippen LogP contribution >= 0.6 is 23.1 Å². The number of nitrogens with zero attached hydrogens (tertiary/aromatic N) is 3. The van der Waals surface area contributed by atoms with Gasteiger partial charge in [-0.1, -0.05) is 11.8 Å². The lowest BCUT2D eigenvalue weighted by atomic mass is 10.2. The highest BCUT2D eigenvalue weighted by Crippen LogP contribution is 2.35. The fraction of sp³-hybridized carbons (Fsp3) is 0.462. The molecule has 1 atom stereocenters. The van der Waals surface area contributed by atoms with Crippen LogP contribution in [-0.4, -0.2) is 14.8 Å². The van der Waals surface area contributed by atoms with Crippen molar-refractivity contribution in [2.75, 3.05) is 0 Å². The molecule has 2 heterocycles. The van der Waals surface area contributed by atoms with Crippen molar-refractivity contribution in [2.45, 2.75) is 36.6 Å². The van der Waals surface area contributed by atoms with E-state index in [0.29, 0.717) is 5.16 Å². The SMILES string of the molecule is C[C@@H](C#N)Sc1nc2sc3c(c2c(=O)n1C)CCC3. The largest absolute Gasteiger partial charge is 0.290 e. The molecule has 19 heavy (non-hydrogen) atoms. The monoisotopic (exact) mass is 291 g/mol. The van der Waals surface area contributed by atoms with E-state index in [2.05, 4.69) is 11.1 Å². The van der Waals surface area contributed by atoms with Gasteiger partial charge in [-0.2, -0.15) is 5.26 Å². The van der Waals surface area contributed by atoms with Crippen LogP contribution in [0.5, 0.6) is 0 Å². The average molecular weight is 291 g/mol. The fourth-order valence-electron chi connectivity index (χ4n) is 2.40. The number of thioether (sulfide) groups is 1. The number of rotatable bonds is 2. The molecule has 1 aliphatic rings. The van der Waals surface area contributed by atoms with Gasteiger partial charge in [0.05, 0.1) is 16.7 Å². The van der Waals surface area contributed by atoms with Crippen LogP contribution in [0.25, 0.3) is 10.2 Å². The van der Waals surface area contributed by atoms with Gasteiger partial charge in [-0.3, -0.25) is 9.36 Å². The summed E-state index contributed by atoms with van der Waals surface area (Å²) in [4.78, 5) is 19.2. The van der Waals surface area contributed by atoms with Crippen LogP contribution in [0.1, 0.15) is 23.8 Å². The third-order valence-electron chi connectivity index (χ3n) is 3.37. The van der Waals surface area contributed by atoms with Gasteiger partial charge in [0.25, 0.3) is 5.56 Å². The van der Waals surface area contributed by atoms with Crippen molar-refractivity contribution in [3.05, 3.63) is 20.8 Å². The summed E-state index contributed by atoms with van der Waals surface area (Å²) < 4.78 is 1.58. The van der Waals surface area contributed by atoms with E-state index in [0.717, 1.165) is 29.5 Å². The Morgan fingerprint density at radius 3 is 3.05 bits per heavy atom. The number of fused-ring (bicyclic) bond motifs is 3. The van der Waals surface area contributed by atoms with Crippen LogP contribution in [0, 0.1) is 11.3 Å². The molecular formula is C13H13N3OS2. The molecule has 0 amide bonds. The lowest BCUT2D eigenvalue weighted by Crippen LogP contribution is -2.20. The minimum absolute atomic E-state index is 0.0250. The molecule has 0 aromatic carbocycles. The van der Waals surface area contributed by atoms with E-state index >= 15 is 0 Å². The smallest absolute Gasteiger partial charge is 0.262 e. The second-order valence-electron chi connectivity index (χ2n) is 4.69. The van der Waals surface area contributed by atoms with Gasteiger partial charge in [0.15, 0.2) is 5.16 Å². The fourth-order valence-corrected chi connectivity index (χ4v) is 4.46. The number of nitriles is 1. The number of thiophene rings is 1. The second-order valence-corrected chi connectivity index (χ2v) is 7.08. The highest BCUT2D eigenvalue weighted by molar-refractivity contribution is 8.00. The summed E-state index contributed by atoms with van der Waals surface area (Å²) in [6.45, 7) is 1.81. The topological polar surface area (TPSA) is 58.7 Å². The van der Waals surface area contributed by atoms with E-state index in [1.165, 1.54) is 22.2 Å². The van der Waals surface area contributed by atoms with Gasteiger partial charge < -0.3 is 0 Å². The van der Waals surface area contributed by atoms with Crippen LogP contribution in [0.4, 0.5) is 0 Å². The number of aryl methyl sites for hydroxylation is 2. The molecule has 0 unspecified atom stereocenters. The molecule has 0 saturated heterocycles. The zero-order chi connectivity index (χ0) is 13.6. The molecule has 0 N–H and O–H groups in total. The predicted octanol–water partition coefficient (Wildman–Crippen LogP) is 2.49. The molecule has 0 bridgehead atoms. The molecule has 98 valence electrons. The third-order valence-corrected chi connectivity index (χ3v) is 5.59. The van der Waals surface area contributed by atoms with Crippen LogP contribution in [0.3, 0.4) is 0 Å². The maximum atomic E-state index is 12.5. The lowest BCUT2D eigenvalue weighted by Gasteiger charge is -2.08. The van der Waals surface area contributed by atoms with E-state index in [4.69, 9.17) is 5.26 Å². The molecule has 0 spiro atoms. The minimum atomic E-state index is -0.206. The van der Waals surface area contributed by atoms with Gasteiger partial charge in [-0.05, 0) is 31.7 Å². The molecule has 6 heteroatoms. The Bertz CT molecular complexity index is 754. The first-order valence-corrected chi connectivity index (χ1v) is 7.89. The van der Waals surface area contributed by atoms with Gasteiger partial charge in [0, 0.05) is 11.9 Å². The maximum absolute atomic E-state index is 12.5. The van der Waals surface area contributed by atoms with Crippen LogP contribution in [-0.2, 0) is 19.9 Å². The van der Waals surface area contributed by atoms with Gasteiger partial charge in [-0.25, -0.2) is 4.98 Å². The molecule has 0 radical (unpaired) electrons. The summed E-state index contributed by atoms with van der Waals surface area (Å²) in [6, 6.07) is 2.16. The Kier molecular flexibility index (Phi) is 3.11. The predicted molar refractivity (Wildman–Crippen MR) is 77.8 cm³/mol. The van der Waals surface area contributed by atoms with E-state index < -0.39 is 0 Å².